The summed E-state index contributed by atoms with van der Waals surface area (Å²) in [6.07, 6.45) is -1.02. The molecule has 1 amide bonds. The van der Waals surface area contributed by atoms with Crippen LogP contribution in [0.4, 0.5) is 17.6 Å². The van der Waals surface area contributed by atoms with Crippen molar-refractivity contribution in [3.05, 3.63) is 17.5 Å². The van der Waals surface area contributed by atoms with Crippen LogP contribution in [0.5, 0.6) is 0 Å². The first-order valence-corrected chi connectivity index (χ1v) is 6.90. The van der Waals surface area contributed by atoms with Crippen molar-refractivity contribution in [2.75, 3.05) is 0 Å². The van der Waals surface area contributed by atoms with Crippen LogP contribution in [0.25, 0.3) is 0 Å². The van der Waals surface area contributed by atoms with Crippen LogP contribution < -0.4 is 5.32 Å². The number of carbonyl (C=O) groups excluding carboxylic acids is 1. The normalized spacial score (nSPS) is 16.7. The van der Waals surface area contributed by atoms with E-state index in [2.05, 4.69) is 10.4 Å². The van der Waals surface area contributed by atoms with E-state index in [-0.39, 0.29) is 6.04 Å². The van der Waals surface area contributed by atoms with Crippen molar-refractivity contribution < 1.29 is 22.4 Å². The Morgan fingerprint density at radius 3 is 2.48 bits per heavy atom. The molecule has 0 bridgehead atoms. The van der Waals surface area contributed by atoms with E-state index in [0.29, 0.717) is 10.7 Å². The number of nitrogens with zero attached hydrogens (tertiary/aromatic N) is 2. The number of nitrogens with one attached hydrogen (secondary N) is 1. The molecule has 1 saturated carbocycles. The Balaban J connectivity index is 2.01. The molecule has 0 radical (unpaired) electrons. The fourth-order valence-corrected chi connectivity index (χ4v) is 2.52. The van der Waals surface area contributed by atoms with Gasteiger partial charge in [-0.2, -0.15) is 5.10 Å². The second-order valence-electron chi connectivity index (χ2n) is 5.16. The number of rotatable bonds is 5. The van der Waals surface area contributed by atoms with Crippen molar-refractivity contribution >= 4 is 5.91 Å². The number of alkyl halides is 4. The number of hydrogen-bond donors (Lipinski definition) is 1. The minimum Gasteiger partial charge on any atom is -0.352 e. The van der Waals surface area contributed by atoms with E-state index < -0.39 is 36.7 Å². The maximum Gasteiger partial charge on any atom is 0.282 e. The predicted octanol–water partition coefficient (Wildman–Crippen LogP) is 3.21. The molecular weight excluding hydrogens is 290 g/mol. The Morgan fingerprint density at radius 1 is 1.24 bits per heavy atom. The van der Waals surface area contributed by atoms with Gasteiger partial charge in [-0.25, -0.2) is 17.6 Å². The van der Waals surface area contributed by atoms with Crippen LogP contribution in [-0.4, -0.2) is 21.7 Å². The minimum atomic E-state index is -2.95. The highest BCUT2D eigenvalue weighted by Gasteiger charge is 2.23. The van der Waals surface area contributed by atoms with Crippen LogP contribution in [0.2, 0.25) is 0 Å². The van der Waals surface area contributed by atoms with E-state index in [1.807, 2.05) is 0 Å². The second-order valence-corrected chi connectivity index (χ2v) is 5.16. The summed E-state index contributed by atoms with van der Waals surface area (Å²) in [6, 6.07) is 0.676. The predicted molar refractivity (Wildman–Crippen MR) is 67.2 cm³/mol. The molecule has 1 aliphatic rings. The molecule has 21 heavy (non-hydrogen) atoms. The molecule has 0 unspecified atom stereocenters. The Bertz CT molecular complexity index is 484. The zero-order valence-corrected chi connectivity index (χ0v) is 11.4. The second kappa shape index (κ2) is 6.91. The van der Waals surface area contributed by atoms with E-state index in [1.165, 1.54) is 0 Å². The van der Waals surface area contributed by atoms with Gasteiger partial charge in [0.1, 0.15) is 17.9 Å². The van der Waals surface area contributed by atoms with Crippen molar-refractivity contribution in [1.82, 2.24) is 15.1 Å². The molecule has 0 spiro atoms. The Labute approximate surface area is 119 Å². The third-order valence-corrected chi connectivity index (χ3v) is 3.54. The number of carbonyl (C=O) groups is 1. The van der Waals surface area contributed by atoms with Gasteiger partial charge in [-0.3, -0.25) is 9.48 Å². The van der Waals surface area contributed by atoms with Gasteiger partial charge in [-0.1, -0.05) is 19.3 Å². The molecule has 1 heterocycles. The van der Waals surface area contributed by atoms with Crippen molar-refractivity contribution in [2.24, 2.45) is 0 Å². The highest BCUT2D eigenvalue weighted by Crippen LogP contribution is 2.25. The van der Waals surface area contributed by atoms with Gasteiger partial charge in [0, 0.05) is 6.04 Å². The Kier molecular flexibility index (Phi) is 5.19. The summed E-state index contributed by atoms with van der Waals surface area (Å²) in [6.45, 7) is -0.469. The smallest absolute Gasteiger partial charge is 0.282 e. The molecule has 1 fully saturated rings. The molecule has 8 heteroatoms. The average Bonchev–Trinajstić information content (AvgIpc) is 2.84. The lowest BCUT2D eigenvalue weighted by atomic mass is 9.95. The first kappa shape index (κ1) is 15.8. The lowest BCUT2D eigenvalue weighted by Crippen LogP contribution is -2.38. The van der Waals surface area contributed by atoms with Crippen molar-refractivity contribution in [3.63, 3.8) is 0 Å². The molecule has 0 aromatic carbocycles. The zero-order valence-electron chi connectivity index (χ0n) is 11.4. The first-order chi connectivity index (χ1) is 9.97. The quantitative estimate of drug-likeness (QED) is 0.849. The summed E-state index contributed by atoms with van der Waals surface area (Å²) >= 11 is 0. The van der Waals surface area contributed by atoms with Gasteiger partial charge in [0.2, 0.25) is 5.91 Å². The van der Waals surface area contributed by atoms with Crippen LogP contribution in [0.1, 0.15) is 56.3 Å². The molecule has 1 N–H and O–H groups in total. The number of hydrogen-bond acceptors (Lipinski definition) is 2. The van der Waals surface area contributed by atoms with Crippen LogP contribution >= 0.6 is 0 Å². The third kappa shape index (κ3) is 4.18. The number of aromatic nitrogens is 2. The van der Waals surface area contributed by atoms with Crippen LogP contribution in [0, 0.1) is 0 Å². The molecule has 4 nitrogen and oxygen atoms in total. The standard InChI is InChI=1S/C13H17F4N3O/c14-12(15)9-6-10(13(16)17)20(19-9)7-11(21)18-8-4-2-1-3-5-8/h6,8,12-13H,1-5,7H2,(H,18,21). The van der Waals surface area contributed by atoms with E-state index in [1.54, 1.807) is 0 Å². The van der Waals surface area contributed by atoms with E-state index in [0.717, 1.165) is 32.1 Å². The van der Waals surface area contributed by atoms with E-state index in [9.17, 15) is 22.4 Å². The summed E-state index contributed by atoms with van der Waals surface area (Å²) in [5.74, 6) is -0.479. The van der Waals surface area contributed by atoms with Gasteiger partial charge in [0.05, 0.1) is 0 Å². The van der Waals surface area contributed by atoms with Gasteiger partial charge in [-0.05, 0) is 18.9 Å². The van der Waals surface area contributed by atoms with Crippen molar-refractivity contribution in [3.8, 4) is 0 Å². The van der Waals surface area contributed by atoms with Crippen molar-refractivity contribution in [1.29, 1.82) is 0 Å². The number of amides is 1. The van der Waals surface area contributed by atoms with E-state index >= 15 is 0 Å². The summed E-state index contributed by atoms with van der Waals surface area (Å²) in [5, 5.41) is 6.13. The van der Waals surface area contributed by atoms with Crippen LogP contribution in [0.3, 0.4) is 0 Å². The van der Waals surface area contributed by atoms with Gasteiger partial charge in [0.15, 0.2) is 0 Å². The third-order valence-electron chi connectivity index (χ3n) is 3.54. The van der Waals surface area contributed by atoms with Crippen LogP contribution in [-0.2, 0) is 11.3 Å². The maximum absolute atomic E-state index is 12.8. The molecule has 0 saturated heterocycles. The number of halogens is 4. The molecule has 118 valence electrons. The Morgan fingerprint density at radius 2 is 1.90 bits per heavy atom. The monoisotopic (exact) mass is 307 g/mol. The summed E-state index contributed by atoms with van der Waals surface area (Å²) in [4.78, 5) is 11.8. The summed E-state index contributed by atoms with van der Waals surface area (Å²) in [7, 11) is 0. The van der Waals surface area contributed by atoms with Gasteiger partial charge in [-0.15, -0.1) is 0 Å². The fraction of sp³-hybridized carbons (Fsp3) is 0.692. The van der Waals surface area contributed by atoms with Crippen LogP contribution in [0.15, 0.2) is 6.07 Å². The lowest BCUT2D eigenvalue weighted by Gasteiger charge is -2.22. The molecular formula is C13H17F4N3O. The highest BCUT2D eigenvalue weighted by molar-refractivity contribution is 5.76. The van der Waals surface area contributed by atoms with Gasteiger partial charge in [0.25, 0.3) is 12.9 Å². The minimum absolute atomic E-state index is 0.0337. The lowest BCUT2D eigenvalue weighted by molar-refractivity contribution is -0.122. The van der Waals surface area contributed by atoms with Gasteiger partial charge >= 0.3 is 0 Å². The molecule has 2 rings (SSSR count). The Hall–Kier alpha value is -1.60. The molecule has 1 aromatic rings. The van der Waals surface area contributed by atoms with E-state index in [4.69, 9.17) is 0 Å². The maximum atomic E-state index is 12.8. The molecule has 0 atom stereocenters. The molecule has 1 aromatic heterocycles. The first-order valence-electron chi connectivity index (χ1n) is 6.90. The van der Waals surface area contributed by atoms with Crippen molar-refractivity contribution in [2.45, 2.75) is 57.5 Å². The van der Waals surface area contributed by atoms with Gasteiger partial charge < -0.3 is 5.32 Å². The average molecular weight is 307 g/mol. The largest absolute Gasteiger partial charge is 0.352 e. The summed E-state index contributed by atoms with van der Waals surface area (Å²) < 4.78 is 51.2. The highest BCUT2D eigenvalue weighted by atomic mass is 19.3. The topological polar surface area (TPSA) is 46.9 Å². The SMILES string of the molecule is O=C(Cn1nc(C(F)F)cc1C(F)F)NC1CCCCC1. The summed E-state index contributed by atoms with van der Waals surface area (Å²) in [5.41, 5.74) is -1.40. The fourth-order valence-electron chi connectivity index (χ4n) is 2.52. The zero-order chi connectivity index (χ0) is 15.4. The molecule has 0 aliphatic heterocycles. The molecule has 1 aliphatic carbocycles.